The maximum absolute atomic E-state index is 13.1. The molecule has 1 radical (unpaired) electrons. The minimum atomic E-state index is -4.47. The molecule has 151 valence electrons. The largest absolute Gasteiger partial charge is 0.492 e. The summed E-state index contributed by atoms with van der Waals surface area (Å²) in [5.74, 6) is -0.202. The molecular weight excluding hydrogens is 385 g/mol. The molecule has 0 aliphatic carbocycles. The van der Waals surface area contributed by atoms with E-state index in [1.807, 2.05) is 30.3 Å². The molecule has 1 fully saturated rings. The first-order chi connectivity index (χ1) is 13.4. The lowest BCUT2D eigenvalue weighted by Crippen LogP contribution is -2.39. The van der Waals surface area contributed by atoms with Gasteiger partial charge in [-0.3, -0.25) is 0 Å². The maximum atomic E-state index is 13.1. The van der Waals surface area contributed by atoms with Crippen molar-refractivity contribution in [1.29, 1.82) is 0 Å². The van der Waals surface area contributed by atoms with Crippen LogP contribution in [0.3, 0.4) is 0 Å². The molecule has 3 aliphatic heterocycles. The van der Waals surface area contributed by atoms with Gasteiger partial charge in [-0.2, -0.15) is 13.2 Å². The van der Waals surface area contributed by atoms with Gasteiger partial charge in [-0.1, -0.05) is 24.3 Å². The number of halogens is 3. The Morgan fingerprint density at radius 2 is 1.72 bits per heavy atom. The van der Waals surface area contributed by atoms with Gasteiger partial charge in [-0.25, -0.2) is 10.0 Å². The summed E-state index contributed by atoms with van der Waals surface area (Å²) in [4.78, 5) is 2.21. The smallest absolute Gasteiger partial charge is 0.416 e. The first-order valence-corrected chi connectivity index (χ1v) is 8.92. The summed E-state index contributed by atoms with van der Waals surface area (Å²) in [6.45, 7) is 1.87. The molecule has 5 rings (SSSR count). The first kappa shape index (κ1) is 19.2. The highest BCUT2D eigenvalue weighted by Gasteiger charge is 2.39. The summed E-state index contributed by atoms with van der Waals surface area (Å²) in [6, 6.07) is 12.4. The molecule has 6 nitrogen and oxygen atoms in total. The lowest BCUT2D eigenvalue weighted by Gasteiger charge is -2.39. The maximum Gasteiger partial charge on any atom is 0.416 e. The van der Waals surface area contributed by atoms with Crippen molar-refractivity contribution in [2.24, 2.45) is 0 Å². The Morgan fingerprint density at radius 3 is 2.41 bits per heavy atom. The van der Waals surface area contributed by atoms with E-state index in [1.54, 1.807) is 5.01 Å². The average Bonchev–Trinajstić information content (AvgIpc) is 2.97. The predicted octanol–water partition coefficient (Wildman–Crippen LogP) is 3.43. The second-order valence-electron chi connectivity index (χ2n) is 6.86. The van der Waals surface area contributed by atoms with Crippen LogP contribution in [0.25, 0.3) is 5.70 Å². The molecule has 9 heteroatoms. The number of rotatable bonds is 2. The van der Waals surface area contributed by atoms with Crippen molar-refractivity contribution < 1.29 is 23.8 Å². The van der Waals surface area contributed by atoms with Gasteiger partial charge in [0.2, 0.25) is 5.88 Å². The molecule has 0 bridgehead atoms. The summed E-state index contributed by atoms with van der Waals surface area (Å²) in [7, 11) is 0. The molecule has 3 N–H and O–H groups in total. The number of anilines is 2. The van der Waals surface area contributed by atoms with E-state index in [-0.39, 0.29) is 17.0 Å². The topological polar surface area (TPSA) is 75.5 Å². The van der Waals surface area contributed by atoms with Gasteiger partial charge < -0.3 is 15.5 Å². The third-order valence-electron chi connectivity index (χ3n) is 5.13. The van der Waals surface area contributed by atoms with E-state index >= 15 is 0 Å². The zero-order valence-electron chi connectivity index (χ0n) is 15.2. The van der Waals surface area contributed by atoms with Gasteiger partial charge in [0.05, 0.1) is 16.9 Å². The Labute approximate surface area is 165 Å². The molecule has 0 aromatic heterocycles. The summed E-state index contributed by atoms with van der Waals surface area (Å²) in [5.41, 5.74) is 6.92. The second-order valence-corrected chi connectivity index (χ2v) is 6.86. The fourth-order valence-electron chi connectivity index (χ4n) is 3.58. The van der Waals surface area contributed by atoms with Gasteiger partial charge in [-0.05, 0) is 42.3 Å². The molecule has 3 aliphatic rings. The first-order valence-electron chi connectivity index (χ1n) is 8.92. The highest BCUT2D eigenvalue weighted by molar-refractivity contribution is 5.85. The standard InChI is InChI=1S/C20H16F3N4O.H2O/c21-20(22,23)13-5-3-6-14(11-13)26-19(28)18-12-17(25-9-4-10-25)15-7-1-2-8-16(15)27(18)24-26;/h1-3,5-8,11-12,28H,4,9-10H2;1H2. The number of hydrogen-bond acceptors (Lipinski definition) is 4. The number of allylic oxidation sites excluding steroid dienone is 1. The molecule has 1 saturated heterocycles. The van der Waals surface area contributed by atoms with Crippen LogP contribution in [0.1, 0.15) is 17.5 Å². The predicted molar refractivity (Wildman–Crippen MR) is 102 cm³/mol. The normalized spacial score (nSPS) is 18.0. The van der Waals surface area contributed by atoms with Crippen molar-refractivity contribution in [3.8, 4) is 0 Å². The van der Waals surface area contributed by atoms with Crippen molar-refractivity contribution >= 4 is 17.1 Å². The van der Waals surface area contributed by atoms with E-state index in [9.17, 15) is 18.3 Å². The minimum Gasteiger partial charge on any atom is -0.492 e. The zero-order chi connectivity index (χ0) is 19.5. The number of likely N-dealkylation sites (tertiary alicyclic amines) is 1. The van der Waals surface area contributed by atoms with Gasteiger partial charge >= 0.3 is 6.18 Å². The summed E-state index contributed by atoms with van der Waals surface area (Å²) >= 11 is 0. The van der Waals surface area contributed by atoms with E-state index in [0.717, 1.165) is 53.6 Å². The number of hydrogen-bond donors (Lipinski definition) is 1. The van der Waals surface area contributed by atoms with Crippen LogP contribution in [0.2, 0.25) is 0 Å². The van der Waals surface area contributed by atoms with E-state index in [1.165, 1.54) is 12.1 Å². The van der Waals surface area contributed by atoms with Crippen molar-refractivity contribution in [3.05, 3.63) is 77.3 Å². The Hall–Kier alpha value is -3.17. The number of nitrogens with zero attached hydrogens (tertiary/aromatic N) is 4. The van der Waals surface area contributed by atoms with Crippen LogP contribution in [0.4, 0.5) is 24.5 Å². The van der Waals surface area contributed by atoms with Crippen LogP contribution in [-0.2, 0) is 6.18 Å². The van der Waals surface area contributed by atoms with Crippen molar-refractivity contribution in [1.82, 2.24) is 10.4 Å². The molecule has 2 aromatic rings. The van der Waals surface area contributed by atoms with Crippen LogP contribution in [0, 0.1) is 0 Å². The van der Waals surface area contributed by atoms with Crippen LogP contribution in [0.15, 0.2) is 66.2 Å². The zero-order valence-corrected chi connectivity index (χ0v) is 15.2. The van der Waals surface area contributed by atoms with Crippen molar-refractivity contribution in [2.45, 2.75) is 12.6 Å². The van der Waals surface area contributed by atoms with Crippen molar-refractivity contribution in [3.63, 3.8) is 0 Å². The van der Waals surface area contributed by atoms with Gasteiger partial charge in [0.1, 0.15) is 5.70 Å². The fraction of sp³-hybridized carbons (Fsp3) is 0.200. The van der Waals surface area contributed by atoms with Crippen LogP contribution in [-0.4, -0.2) is 28.6 Å². The Balaban J connectivity index is 0.00000205. The highest BCUT2D eigenvalue weighted by Crippen LogP contribution is 2.42. The Kier molecular flexibility index (Phi) is 4.44. The van der Waals surface area contributed by atoms with Crippen LogP contribution in [0.5, 0.6) is 0 Å². The number of aliphatic hydroxyl groups excluding tert-OH is 1. The number of benzene rings is 2. The van der Waals surface area contributed by atoms with E-state index in [2.05, 4.69) is 10.4 Å². The van der Waals surface area contributed by atoms with Gasteiger partial charge in [0.15, 0.2) is 0 Å². The number of aliphatic hydroxyl groups is 1. The molecule has 0 spiro atoms. The Bertz CT molecular complexity index is 1010. The number of alkyl halides is 3. The SMILES string of the molecule is O.OC1=C2C=C(N3CCC3)c3ccccc3N2[N]N1c1cccc(C(F)(F)F)c1. The third-order valence-corrected chi connectivity index (χ3v) is 5.13. The molecular formula is C20H18F3N4O2. The average molecular weight is 403 g/mol. The van der Waals surface area contributed by atoms with Crippen LogP contribution >= 0.6 is 0 Å². The number of fused-ring (bicyclic) bond motifs is 3. The summed E-state index contributed by atoms with van der Waals surface area (Å²) in [5, 5.41) is 13.5. The summed E-state index contributed by atoms with van der Waals surface area (Å²) < 4.78 is 39.2. The highest BCUT2D eigenvalue weighted by atomic mass is 19.4. The third kappa shape index (κ3) is 2.99. The lowest BCUT2D eigenvalue weighted by atomic mass is 10.0. The summed E-state index contributed by atoms with van der Waals surface area (Å²) in [6.07, 6.45) is -1.52. The fourth-order valence-corrected chi connectivity index (χ4v) is 3.58. The quantitative estimate of drug-likeness (QED) is 0.834. The minimum absolute atomic E-state index is 0. The van der Waals surface area contributed by atoms with E-state index in [0.29, 0.717) is 5.70 Å². The van der Waals surface area contributed by atoms with Gasteiger partial charge in [0, 0.05) is 24.4 Å². The number of para-hydroxylation sites is 1. The molecule has 0 amide bonds. The molecule has 0 unspecified atom stereocenters. The van der Waals surface area contributed by atoms with E-state index < -0.39 is 11.7 Å². The van der Waals surface area contributed by atoms with Gasteiger partial charge in [0.25, 0.3) is 0 Å². The van der Waals surface area contributed by atoms with Crippen molar-refractivity contribution in [2.75, 3.05) is 23.1 Å². The molecule has 0 saturated carbocycles. The second kappa shape index (κ2) is 6.71. The molecule has 3 heterocycles. The lowest BCUT2D eigenvalue weighted by molar-refractivity contribution is -0.137. The molecule has 2 aromatic carbocycles. The van der Waals surface area contributed by atoms with E-state index in [4.69, 9.17) is 0 Å². The Morgan fingerprint density at radius 1 is 0.966 bits per heavy atom. The van der Waals surface area contributed by atoms with Gasteiger partial charge in [-0.15, -0.1) is 0 Å². The monoisotopic (exact) mass is 403 g/mol. The molecule has 0 atom stereocenters. The molecule has 29 heavy (non-hydrogen) atoms. The van der Waals surface area contributed by atoms with Crippen LogP contribution < -0.4 is 15.6 Å².